The first-order valence-corrected chi connectivity index (χ1v) is 7.61. The van der Waals surface area contributed by atoms with E-state index in [1.807, 2.05) is 0 Å². The molecule has 0 aromatic heterocycles. The second-order valence-electron chi connectivity index (χ2n) is 5.55. The summed E-state index contributed by atoms with van der Waals surface area (Å²) in [6.07, 6.45) is 3.23. The van der Waals surface area contributed by atoms with Gasteiger partial charge in [0.15, 0.2) is 0 Å². The zero-order valence-electron chi connectivity index (χ0n) is 12.6. The van der Waals surface area contributed by atoms with Gasteiger partial charge in [-0.1, -0.05) is 47.3 Å². The molecule has 2 unspecified atom stereocenters. The van der Waals surface area contributed by atoms with Gasteiger partial charge >= 0.3 is 0 Å². The third kappa shape index (κ3) is 6.44. The Labute approximate surface area is 116 Å². The monoisotopic (exact) mass is 270 g/mol. The van der Waals surface area contributed by atoms with Crippen molar-refractivity contribution in [1.82, 2.24) is 10.6 Å². The smallest absolute Gasteiger partial charge is 0.0198 e. The minimum atomic E-state index is 0.270. The number of hydrogen-bond donors (Lipinski definition) is 2. The van der Waals surface area contributed by atoms with Crippen LogP contribution in [0.1, 0.15) is 47.0 Å². The normalized spacial score (nSPS) is 12.9. The quantitative estimate of drug-likeness (QED) is 0.592. The highest BCUT2D eigenvalue weighted by Gasteiger charge is 2.25. The Morgan fingerprint density at radius 1 is 1.17 bits per heavy atom. The molecule has 106 valence electrons. The highest BCUT2D eigenvalue weighted by Crippen LogP contribution is 2.33. The molecule has 0 aliphatic carbocycles. The highest BCUT2D eigenvalue weighted by molar-refractivity contribution is 7.18. The third-order valence-electron chi connectivity index (χ3n) is 3.53. The maximum absolute atomic E-state index is 4.15. The van der Waals surface area contributed by atoms with E-state index in [-0.39, 0.29) is 5.41 Å². The van der Waals surface area contributed by atoms with Crippen LogP contribution in [0.25, 0.3) is 0 Å². The Balaban J connectivity index is 3.94. The molecular weight excluding hydrogens is 239 g/mol. The summed E-state index contributed by atoms with van der Waals surface area (Å²) in [7, 11) is 2.91. The minimum Gasteiger partial charge on any atom is -0.389 e. The van der Waals surface area contributed by atoms with Crippen LogP contribution in [0.4, 0.5) is 0 Å². The van der Waals surface area contributed by atoms with E-state index in [0.717, 1.165) is 43.7 Å². The molecule has 0 heterocycles. The lowest BCUT2D eigenvalue weighted by Crippen LogP contribution is -2.32. The van der Waals surface area contributed by atoms with Crippen LogP contribution in [0, 0.1) is 5.41 Å². The van der Waals surface area contributed by atoms with Gasteiger partial charge in [-0.15, -0.1) is 9.24 Å². The van der Waals surface area contributed by atoms with E-state index in [4.69, 9.17) is 0 Å². The second kappa shape index (κ2) is 8.58. The van der Waals surface area contributed by atoms with Crippen molar-refractivity contribution in [1.29, 1.82) is 0 Å². The van der Waals surface area contributed by atoms with Crippen LogP contribution in [-0.4, -0.2) is 18.7 Å². The molecule has 0 aliphatic rings. The fourth-order valence-corrected chi connectivity index (χ4v) is 1.92. The Kier molecular flexibility index (Phi) is 8.35. The van der Waals surface area contributed by atoms with Gasteiger partial charge in [-0.05, 0) is 11.8 Å². The molecule has 2 nitrogen and oxygen atoms in total. The first kappa shape index (κ1) is 17.5. The van der Waals surface area contributed by atoms with Gasteiger partial charge in [0.25, 0.3) is 0 Å². The number of hydrogen-bond acceptors (Lipinski definition) is 2. The first-order chi connectivity index (χ1) is 8.35. The van der Waals surface area contributed by atoms with Crippen molar-refractivity contribution in [2.24, 2.45) is 5.41 Å². The summed E-state index contributed by atoms with van der Waals surface area (Å²) < 4.78 is 0. The predicted octanol–water partition coefficient (Wildman–Crippen LogP) is 3.67. The number of rotatable bonds is 10. The molecule has 0 aliphatic heterocycles. The summed E-state index contributed by atoms with van der Waals surface area (Å²) in [6, 6.07) is 0. The average molecular weight is 270 g/mol. The average Bonchev–Trinajstić information content (AvgIpc) is 2.35. The summed E-state index contributed by atoms with van der Waals surface area (Å²) in [5.41, 5.74) is 2.88. The van der Waals surface area contributed by atoms with Crippen molar-refractivity contribution in [3.05, 3.63) is 24.6 Å². The lowest BCUT2D eigenvalue weighted by atomic mass is 9.84. The fourth-order valence-electron chi connectivity index (χ4n) is 1.57. The van der Waals surface area contributed by atoms with E-state index >= 15 is 0 Å². The molecule has 0 spiro atoms. The van der Waals surface area contributed by atoms with Crippen LogP contribution in [0.15, 0.2) is 24.6 Å². The van der Waals surface area contributed by atoms with Gasteiger partial charge in [-0.2, -0.15) is 0 Å². The van der Waals surface area contributed by atoms with Gasteiger partial charge in [0.2, 0.25) is 0 Å². The molecule has 0 amide bonds. The van der Waals surface area contributed by atoms with Gasteiger partial charge in [-0.3, -0.25) is 0 Å². The van der Waals surface area contributed by atoms with Crippen LogP contribution in [-0.2, 0) is 0 Å². The van der Waals surface area contributed by atoms with Gasteiger partial charge in [0.1, 0.15) is 0 Å². The SMILES string of the molecule is C=C(CCNC(=C)C(P)C(C)(C)CC)NCCC. The van der Waals surface area contributed by atoms with Gasteiger partial charge in [0.05, 0.1) is 0 Å². The maximum Gasteiger partial charge on any atom is 0.0198 e. The molecule has 3 heteroatoms. The van der Waals surface area contributed by atoms with Crippen LogP contribution in [0.3, 0.4) is 0 Å². The Morgan fingerprint density at radius 2 is 1.78 bits per heavy atom. The van der Waals surface area contributed by atoms with Crippen LogP contribution >= 0.6 is 9.24 Å². The van der Waals surface area contributed by atoms with Crippen molar-refractivity contribution in [2.75, 3.05) is 13.1 Å². The Bertz CT molecular complexity index is 272. The molecule has 0 bridgehead atoms. The van der Waals surface area contributed by atoms with Crippen molar-refractivity contribution < 1.29 is 0 Å². The highest BCUT2D eigenvalue weighted by atomic mass is 31.0. The molecular formula is C15H31N2P. The molecule has 2 atom stereocenters. The topological polar surface area (TPSA) is 24.1 Å². The summed E-state index contributed by atoms with van der Waals surface area (Å²) in [5.74, 6) is 0. The van der Waals surface area contributed by atoms with Crippen LogP contribution in [0.2, 0.25) is 0 Å². The molecule has 2 N–H and O–H groups in total. The summed E-state index contributed by atoms with van der Waals surface area (Å²) in [4.78, 5) is 0. The van der Waals surface area contributed by atoms with Gasteiger partial charge in [-0.25, -0.2) is 0 Å². The van der Waals surface area contributed by atoms with E-state index < -0.39 is 0 Å². The summed E-state index contributed by atoms with van der Waals surface area (Å²) >= 11 is 0. The molecule has 18 heavy (non-hydrogen) atoms. The third-order valence-corrected chi connectivity index (χ3v) is 4.84. The van der Waals surface area contributed by atoms with Crippen molar-refractivity contribution >= 4 is 9.24 Å². The fraction of sp³-hybridized carbons (Fsp3) is 0.733. The molecule has 0 aromatic rings. The standard InChI is InChI=1S/C15H31N2P/c1-7-10-16-12(3)9-11-17-13(4)14(18)15(5,6)8-2/h14,16-17H,3-4,7-11,18H2,1-2,5-6H3. The van der Waals surface area contributed by atoms with E-state index in [1.54, 1.807) is 0 Å². The molecule has 0 saturated carbocycles. The first-order valence-electron chi connectivity index (χ1n) is 6.95. The van der Waals surface area contributed by atoms with Gasteiger partial charge in [0, 0.05) is 36.6 Å². The van der Waals surface area contributed by atoms with Crippen LogP contribution < -0.4 is 10.6 Å². The number of nitrogens with one attached hydrogen (secondary N) is 2. The molecule has 0 aromatic carbocycles. The second-order valence-corrected chi connectivity index (χ2v) is 6.22. The molecule has 0 radical (unpaired) electrons. The lowest BCUT2D eigenvalue weighted by Gasteiger charge is -2.32. The van der Waals surface area contributed by atoms with E-state index in [9.17, 15) is 0 Å². The van der Waals surface area contributed by atoms with E-state index in [0.29, 0.717) is 5.66 Å². The van der Waals surface area contributed by atoms with E-state index in [2.05, 4.69) is 60.7 Å². The molecule has 0 rings (SSSR count). The summed E-state index contributed by atoms with van der Waals surface area (Å²) in [5, 5.41) is 6.72. The molecule has 0 saturated heterocycles. The van der Waals surface area contributed by atoms with Crippen LogP contribution in [0.5, 0.6) is 0 Å². The largest absolute Gasteiger partial charge is 0.389 e. The molecule has 0 fully saturated rings. The van der Waals surface area contributed by atoms with Crippen molar-refractivity contribution in [3.8, 4) is 0 Å². The number of allylic oxidation sites excluding steroid dienone is 1. The van der Waals surface area contributed by atoms with Crippen molar-refractivity contribution in [3.63, 3.8) is 0 Å². The van der Waals surface area contributed by atoms with Gasteiger partial charge < -0.3 is 10.6 Å². The predicted molar refractivity (Wildman–Crippen MR) is 86.8 cm³/mol. The Morgan fingerprint density at radius 3 is 2.28 bits per heavy atom. The minimum absolute atomic E-state index is 0.270. The zero-order valence-corrected chi connectivity index (χ0v) is 13.8. The maximum atomic E-state index is 4.15. The van der Waals surface area contributed by atoms with Crippen molar-refractivity contribution in [2.45, 2.75) is 52.6 Å². The van der Waals surface area contributed by atoms with E-state index in [1.165, 1.54) is 0 Å². The lowest BCUT2D eigenvalue weighted by molar-refractivity contribution is 0.351. The summed E-state index contributed by atoms with van der Waals surface area (Å²) in [6.45, 7) is 19.0. The zero-order chi connectivity index (χ0) is 14.2. The Hall–Kier alpha value is -0.490.